The van der Waals surface area contributed by atoms with Crippen LogP contribution in [-0.4, -0.2) is 38.6 Å². The first kappa shape index (κ1) is 17.9. The van der Waals surface area contributed by atoms with Crippen LogP contribution in [0, 0.1) is 5.92 Å². The van der Waals surface area contributed by atoms with Gasteiger partial charge in [-0.25, -0.2) is 17.9 Å². The lowest BCUT2D eigenvalue weighted by Crippen LogP contribution is -2.48. The molecule has 0 saturated carbocycles. The van der Waals surface area contributed by atoms with Crippen LogP contribution in [-0.2, 0) is 19.6 Å². The third kappa shape index (κ3) is 5.32. The van der Waals surface area contributed by atoms with Crippen molar-refractivity contribution in [3.63, 3.8) is 0 Å². The van der Waals surface area contributed by atoms with Crippen LogP contribution < -0.4 is 10.0 Å². The molecule has 0 aliphatic heterocycles. The molecular formula is C13H19N3O5S. The van der Waals surface area contributed by atoms with Crippen molar-refractivity contribution in [3.05, 3.63) is 24.5 Å². The van der Waals surface area contributed by atoms with E-state index < -0.39 is 28.1 Å². The molecule has 9 heteroatoms. The van der Waals surface area contributed by atoms with Crippen molar-refractivity contribution in [1.29, 1.82) is 0 Å². The lowest BCUT2D eigenvalue weighted by Gasteiger charge is -2.19. The van der Waals surface area contributed by atoms with Gasteiger partial charge in [0.15, 0.2) is 0 Å². The van der Waals surface area contributed by atoms with E-state index in [2.05, 4.69) is 15.0 Å². The molecule has 1 heterocycles. The Morgan fingerprint density at radius 1 is 1.36 bits per heavy atom. The van der Waals surface area contributed by atoms with E-state index >= 15 is 0 Å². The van der Waals surface area contributed by atoms with E-state index in [1.165, 1.54) is 18.3 Å². The zero-order chi connectivity index (χ0) is 16.8. The molecule has 22 heavy (non-hydrogen) atoms. The maximum atomic E-state index is 12.1. The highest BCUT2D eigenvalue weighted by Crippen LogP contribution is 2.09. The summed E-state index contributed by atoms with van der Waals surface area (Å²) in [6, 6.07) is 1.74. The minimum atomic E-state index is -4.04. The lowest BCUT2D eigenvalue weighted by molar-refractivity contribution is -0.121. The van der Waals surface area contributed by atoms with Crippen LogP contribution in [0.3, 0.4) is 0 Å². The van der Waals surface area contributed by atoms with Gasteiger partial charge in [0.2, 0.25) is 0 Å². The molecule has 8 nitrogen and oxygen atoms in total. The molecule has 122 valence electrons. The highest BCUT2D eigenvalue weighted by molar-refractivity contribution is 7.90. The first-order valence-electron chi connectivity index (χ1n) is 6.57. The predicted molar refractivity (Wildman–Crippen MR) is 78.3 cm³/mol. The zero-order valence-electron chi connectivity index (χ0n) is 12.6. The number of pyridine rings is 1. The maximum absolute atomic E-state index is 12.1. The third-order valence-electron chi connectivity index (χ3n) is 2.68. The number of aromatic nitrogens is 1. The number of hydrogen-bond acceptors (Lipinski definition) is 6. The molecule has 1 rings (SSSR count). The molecule has 0 saturated heterocycles. The van der Waals surface area contributed by atoms with Crippen LogP contribution >= 0.6 is 0 Å². The predicted octanol–water partition coefficient (Wildman–Crippen LogP) is 0.657. The fourth-order valence-electron chi connectivity index (χ4n) is 1.67. The van der Waals surface area contributed by atoms with Gasteiger partial charge in [-0.1, -0.05) is 13.8 Å². The number of rotatable bonds is 6. The topological polar surface area (TPSA) is 114 Å². The van der Waals surface area contributed by atoms with E-state index in [0.717, 1.165) is 13.3 Å². The Kier molecular flexibility index (Phi) is 6.29. The van der Waals surface area contributed by atoms with E-state index in [1.807, 2.05) is 18.6 Å². The summed E-state index contributed by atoms with van der Waals surface area (Å²) in [5, 5.41) is 2.32. The molecule has 0 aliphatic rings. The maximum Gasteiger partial charge on any atom is 0.407 e. The molecule has 1 unspecified atom stereocenters. The molecule has 0 bridgehead atoms. The average molecular weight is 329 g/mol. The molecule has 1 atom stereocenters. The highest BCUT2D eigenvalue weighted by atomic mass is 32.2. The van der Waals surface area contributed by atoms with E-state index in [0.29, 0.717) is 0 Å². The summed E-state index contributed by atoms with van der Waals surface area (Å²) in [5.41, 5.74) is 0. The van der Waals surface area contributed by atoms with Crippen LogP contribution in [0.2, 0.25) is 0 Å². The number of carbonyl (C=O) groups is 2. The molecular weight excluding hydrogens is 310 g/mol. The largest absolute Gasteiger partial charge is 0.453 e. The number of carbonyl (C=O) groups excluding carboxylic acids is 2. The van der Waals surface area contributed by atoms with E-state index in [4.69, 9.17) is 0 Å². The zero-order valence-corrected chi connectivity index (χ0v) is 13.4. The fraction of sp³-hybridized carbons (Fsp3) is 0.462. The van der Waals surface area contributed by atoms with Gasteiger partial charge in [-0.2, -0.15) is 0 Å². The molecule has 1 aromatic rings. The Hall–Kier alpha value is -2.16. The second kappa shape index (κ2) is 7.74. The van der Waals surface area contributed by atoms with Gasteiger partial charge in [-0.3, -0.25) is 9.78 Å². The van der Waals surface area contributed by atoms with Gasteiger partial charge in [0.05, 0.1) is 7.11 Å². The molecule has 0 aliphatic carbocycles. The Balaban J connectivity index is 2.88. The fourth-order valence-corrected chi connectivity index (χ4v) is 2.65. The molecule has 0 aromatic carbocycles. The lowest BCUT2D eigenvalue weighted by atomic mass is 10.0. The quantitative estimate of drug-likeness (QED) is 0.792. The van der Waals surface area contributed by atoms with Gasteiger partial charge in [-0.05, 0) is 24.5 Å². The van der Waals surface area contributed by atoms with Gasteiger partial charge in [0.25, 0.3) is 15.9 Å². The van der Waals surface area contributed by atoms with Crippen LogP contribution in [0.1, 0.15) is 20.3 Å². The van der Waals surface area contributed by atoms with Crippen molar-refractivity contribution in [2.45, 2.75) is 31.2 Å². The van der Waals surface area contributed by atoms with Crippen molar-refractivity contribution in [2.24, 2.45) is 5.92 Å². The first-order chi connectivity index (χ1) is 10.3. The van der Waals surface area contributed by atoms with Crippen molar-refractivity contribution in [1.82, 2.24) is 15.0 Å². The summed E-state index contributed by atoms with van der Waals surface area (Å²) in [5.74, 6) is -0.767. The standard InChI is InChI=1S/C13H19N3O5S/c1-9(2)7-11(15-13(18)21-3)12(17)16-22(19,20)10-5-4-6-14-8-10/h4-6,8-9,11H,7H2,1-3H3,(H,15,18)(H,16,17). The average Bonchev–Trinajstić information content (AvgIpc) is 2.46. The molecule has 2 N–H and O–H groups in total. The van der Waals surface area contributed by atoms with Crippen molar-refractivity contribution >= 4 is 22.0 Å². The van der Waals surface area contributed by atoms with E-state index in [-0.39, 0.29) is 17.2 Å². The number of ether oxygens (including phenoxy) is 1. The van der Waals surface area contributed by atoms with Gasteiger partial charge < -0.3 is 10.1 Å². The number of hydrogen-bond donors (Lipinski definition) is 2. The smallest absolute Gasteiger partial charge is 0.407 e. The minimum absolute atomic E-state index is 0.0639. The Morgan fingerprint density at radius 3 is 2.55 bits per heavy atom. The van der Waals surface area contributed by atoms with E-state index in [9.17, 15) is 18.0 Å². The van der Waals surface area contributed by atoms with Gasteiger partial charge >= 0.3 is 6.09 Å². The number of sulfonamides is 1. The summed E-state index contributed by atoms with van der Waals surface area (Å²) in [7, 11) is -2.88. The van der Waals surface area contributed by atoms with E-state index in [1.54, 1.807) is 0 Å². The number of nitrogens with zero attached hydrogens (tertiary/aromatic N) is 1. The van der Waals surface area contributed by atoms with Crippen molar-refractivity contribution < 1.29 is 22.7 Å². The van der Waals surface area contributed by atoms with Crippen LogP contribution in [0.15, 0.2) is 29.4 Å². The first-order valence-corrected chi connectivity index (χ1v) is 8.05. The normalized spacial score (nSPS) is 12.5. The van der Waals surface area contributed by atoms with Crippen LogP contribution in [0.5, 0.6) is 0 Å². The summed E-state index contributed by atoms with van der Waals surface area (Å²) in [4.78, 5) is 27.0. The molecule has 2 amide bonds. The Bertz CT molecular complexity index is 616. The summed E-state index contributed by atoms with van der Waals surface area (Å²) >= 11 is 0. The van der Waals surface area contributed by atoms with Crippen molar-refractivity contribution in [2.75, 3.05) is 7.11 Å². The third-order valence-corrected chi connectivity index (χ3v) is 4.01. The number of methoxy groups -OCH3 is 1. The van der Waals surface area contributed by atoms with Crippen LogP contribution in [0.25, 0.3) is 0 Å². The molecule has 0 spiro atoms. The molecule has 0 fully saturated rings. The summed E-state index contributed by atoms with van der Waals surface area (Å²) in [6.45, 7) is 3.68. The number of alkyl carbamates (subject to hydrolysis) is 1. The minimum Gasteiger partial charge on any atom is -0.453 e. The number of amides is 2. The second-order valence-electron chi connectivity index (χ2n) is 4.98. The highest BCUT2D eigenvalue weighted by Gasteiger charge is 2.27. The summed E-state index contributed by atoms with van der Waals surface area (Å²) < 4.78 is 30.5. The van der Waals surface area contributed by atoms with Gasteiger partial charge in [0.1, 0.15) is 10.9 Å². The Labute approximate surface area is 129 Å². The summed E-state index contributed by atoms with van der Waals surface area (Å²) in [6.07, 6.45) is 2.01. The van der Waals surface area contributed by atoms with Gasteiger partial charge in [0, 0.05) is 12.4 Å². The van der Waals surface area contributed by atoms with Gasteiger partial charge in [-0.15, -0.1) is 0 Å². The second-order valence-corrected chi connectivity index (χ2v) is 6.66. The Morgan fingerprint density at radius 2 is 2.05 bits per heavy atom. The monoisotopic (exact) mass is 329 g/mol. The molecule has 0 radical (unpaired) electrons. The molecule has 1 aromatic heterocycles. The SMILES string of the molecule is COC(=O)NC(CC(C)C)C(=O)NS(=O)(=O)c1cccnc1. The van der Waals surface area contributed by atoms with Crippen LogP contribution in [0.4, 0.5) is 4.79 Å². The number of nitrogens with one attached hydrogen (secondary N) is 2. The van der Waals surface area contributed by atoms with Crippen molar-refractivity contribution in [3.8, 4) is 0 Å².